The molecule has 3 aromatic rings. The van der Waals surface area contributed by atoms with Crippen LogP contribution in [0.3, 0.4) is 0 Å². The topological polar surface area (TPSA) is 138 Å². The summed E-state index contributed by atoms with van der Waals surface area (Å²) in [7, 11) is 1.47. The van der Waals surface area contributed by atoms with Crippen molar-refractivity contribution in [2.75, 3.05) is 37.8 Å². The van der Waals surface area contributed by atoms with Gasteiger partial charge < -0.3 is 25.6 Å². The van der Waals surface area contributed by atoms with E-state index in [1.807, 2.05) is 5.32 Å². The third-order valence-corrected chi connectivity index (χ3v) is 7.30. The van der Waals surface area contributed by atoms with Gasteiger partial charge in [0.2, 0.25) is 5.91 Å². The van der Waals surface area contributed by atoms with Crippen molar-refractivity contribution in [2.24, 2.45) is 11.3 Å². The minimum absolute atomic E-state index is 0.0742. The van der Waals surface area contributed by atoms with Crippen LogP contribution in [0.2, 0.25) is 0 Å². The lowest BCUT2D eigenvalue weighted by Gasteiger charge is -2.45. The van der Waals surface area contributed by atoms with Crippen LogP contribution in [0.15, 0.2) is 30.5 Å². The van der Waals surface area contributed by atoms with Gasteiger partial charge in [0.15, 0.2) is 17.3 Å². The van der Waals surface area contributed by atoms with E-state index in [9.17, 15) is 14.4 Å². The molecule has 1 saturated heterocycles. The van der Waals surface area contributed by atoms with Crippen LogP contribution >= 0.6 is 11.3 Å². The summed E-state index contributed by atoms with van der Waals surface area (Å²) in [6, 6.07) is 6.63. The highest BCUT2D eigenvalue weighted by atomic mass is 32.1. The van der Waals surface area contributed by atoms with Crippen molar-refractivity contribution in [3.63, 3.8) is 0 Å². The Morgan fingerprint density at radius 1 is 1.18 bits per heavy atom. The summed E-state index contributed by atoms with van der Waals surface area (Å²) in [6.45, 7) is 2.83. The van der Waals surface area contributed by atoms with Gasteiger partial charge in [-0.1, -0.05) is 19.9 Å². The van der Waals surface area contributed by atoms with Gasteiger partial charge in [-0.25, -0.2) is 4.98 Å². The fourth-order valence-electron chi connectivity index (χ4n) is 4.30. The van der Waals surface area contributed by atoms with Gasteiger partial charge >= 0.3 is 0 Å². The predicted molar refractivity (Wildman–Crippen MR) is 144 cm³/mol. The zero-order chi connectivity index (χ0) is 29.5. The first-order valence-electron chi connectivity index (χ1n) is 13.5. The second kappa shape index (κ2) is 10.0. The molecule has 0 unspecified atom stereocenters. The summed E-state index contributed by atoms with van der Waals surface area (Å²) in [5.41, 5.74) is 0.918. The first-order chi connectivity index (χ1) is 19.3. The Bertz CT molecular complexity index is 1510. The van der Waals surface area contributed by atoms with E-state index in [-0.39, 0.29) is 40.3 Å². The maximum Gasteiger partial charge on any atom is 0.273 e. The van der Waals surface area contributed by atoms with E-state index in [2.05, 4.69) is 39.7 Å². The lowest BCUT2D eigenvalue weighted by Crippen LogP contribution is -2.55. The summed E-state index contributed by atoms with van der Waals surface area (Å²) in [6.07, 6.45) is 3.12. The van der Waals surface area contributed by atoms with Crippen LogP contribution in [0.1, 0.15) is 51.0 Å². The number of anilines is 3. The second-order valence-corrected chi connectivity index (χ2v) is 11.1. The number of aromatic nitrogens is 3. The van der Waals surface area contributed by atoms with Gasteiger partial charge in [0, 0.05) is 36.2 Å². The van der Waals surface area contributed by atoms with Crippen LogP contribution in [0.4, 0.5) is 17.2 Å². The number of nitrogens with zero attached hydrogens (tertiary/aromatic N) is 4. The highest BCUT2D eigenvalue weighted by Crippen LogP contribution is 2.41. The molecule has 0 atom stereocenters. The molecule has 2 fully saturated rings. The Hall–Kier alpha value is -4.06. The van der Waals surface area contributed by atoms with Crippen molar-refractivity contribution in [3.05, 3.63) is 41.0 Å². The van der Waals surface area contributed by atoms with Crippen molar-refractivity contribution >= 4 is 46.3 Å². The quantitative estimate of drug-likeness (QED) is 0.396. The molecule has 3 heterocycles. The van der Waals surface area contributed by atoms with Crippen molar-refractivity contribution in [2.45, 2.75) is 26.7 Å². The van der Waals surface area contributed by atoms with E-state index < -0.39 is 12.9 Å². The van der Waals surface area contributed by atoms with E-state index in [1.165, 1.54) is 24.5 Å². The van der Waals surface area contributed by atoms with E-state index in [4.69, 9.17) is 8.85 Å². The Kier molecular flexibility index (Phi) is 5.79. The molecule has 1 aromatic carbocycles. The molecule has 0 bridgehead atoms. The van der Waals surface area contributed by atoms with Gasteiger partial charge in [0.05, 0.1) is 30.2 Å². The molecule has 1 aliphatic carbocycles. The van der Waals surface area contributed by atoms with E-state index in [0.29, 0.717) is 40.0 Å². The number of methoxy groups -OCH3 is 1. The van der Waals surface area contributed by atoms with Crippen molar-refractivity contribution < 1.29 is 23.2 Å². The number of benzene rings is 1. The SMILES string of the molecule is [2H]C([2H])([2H])NC(=O)c1nnc(NC(=O)C2CC2)cc1Nc1cccc(-c2ncc(C(=O)N3CC(C)(C)C3)s2)c1OC. The third kappa shape index (κ3) is 5.17. The zero-order valence-corrected chi connectivity index (χ0v) is 21.9. The minimum Gasteiger partial charge on any atom is -0.494 e. The Morgan fingerprint density at radius 2 is 1.97 bits per heavy atom. The molecule has 2 aromatic heterocycles. The summed E-state index contributed by atoms with van der Waals surface area (Å²) < 4.78 is 27.9. The molecule has 0 radical (unpaired) electrons. The number of carbonyl (C=O) groups is 3. The summed E-state index contributed by atoms with van der Waals surface area (Å²) >= 11 is 1.24. The van der Waals surface area contributed by atoms with Crippen LogP contribution in [0.25, 0.3) is 10.6 Å². The fourth-order valence-corrected chi connectivity index (χ4v) is 5.21. The number of hydrogen-bond donors (Lipinski definition) is 3. The van der Waals surface area contributed by atoms with E-state index >= 15 is 0 Å². The van der Waals surface area contributed by atoms with Crippen LogP contribution in [0, 0.1) is 11.3 Å². The molecule has 1 aliphatic heterocycles. The number of thiazole rings is 1. The molecule has 5 rings (SSSR count). The molecule has 198 valence electrons. The largest absolute Gasteiger partial charge is 0.494 e. The van der Waals surface area contributed by atoms with Crippen molar-refractivity contribution in [1.82, 2.24) is 25.4 Å². The molecule has 2 aliphatic rings. The first kappa shape index (κ1) is 22.0. The van der Waals surface area contributed by atoms with Gasteiger partial charge in [0.1, 0.15) is 9.88 Å². The number of carbonyl (C=O) groups excluding carboxylic acids is 3. The highest BCUT2D eigenvalue weighted by Gasteiger charge is 2.38. The van der Waals surface area contributed by atoms with Gasteiger partial charge in [-0.15, -0.1) is 21.5 Å². The molecular weight excluding hydrogens is 506 g/mol. The molecule has 1 saturated carbocycles. The standard InChI is InChI=1S/C26H29N7O4S/c1-26(2)12-33(13-26)25(36)18-11-28-24(38-18)15-6-5-7-16(21(15)37-4)29-17-10-19(30-22(34)14-8-9-14)31-32-20(17)23(35)27-3/h5-7,10-11,14H,8-9,12-13H2,1-4H3,(H,27,35)(H2,29,30,31,34)/i3D3. The lowest BCUT2D eigenvalue weighted by molar-refractivity contribution is -0.117. The molecular formula is C26H29N7O4S. The number of likely N-dealkylation sites (tertiary alicyclic amines) is 1. The number of rotatable bonds is 8. The predicted octanol–water partition coefficient (Wildman–Crippen LogP) is 3.54. The normalized spacial score (nSPS) is 17.3. The molecule has 3 amide bonds. The Balaban J connectivity index is 1.45. The third-order valence-electron chi connectivity index (χ3n) is 6.28. The number of hydrogen-bond acceptors (Lipinski definition) is 9. The second-order valence-electron chi connectivity index (χ2n) is 10.1. The van der Waals surface area contributed by atoms with Crippen LogP contribution in [-0.4, -0.2) is 65.0 Å². The maximum absolute atomic E-state index is 12.9. The van der Waals surface area contributed by atoms with Gasteiger partial charge in [-0.05, 0) is 30.4 Å². The number of para-hydroxylation sites is 1. The first-order valence-corrected chi connectivity index (χ1v) is 12.9. The number of ether oxygens (including phenoxy) is 1. The summed E-state index contributed by atoms with van der Waals surface area (Å²) in [5.74, 6) is -0.885. The van der Waals surface area contributed by atoms with E-state index in [0.717, 1.165) is 12.8 Å². The number of nitrogens with one attached hydrogen (secondary N) is 3. The average molecular weight is 539 g/mol. The van der Waals surface area contributed by atoms with Crippen LogP contribution < -0.4 is 20.7 Å². The van der Waals surface area contributed by atoms with Gasteiger partial charge in [-0.3, -0.25) is 14.4 Å². The number of amides is 3. The molecule has 12 heteroatoms. The summed E-state index contributed by atoms with van der Waals surface area (Å²) in [4.78, 5) is 44.7. The smallest absolute Gasteiger partial charge is 0.273 e. The summed E-state index contributed by atoms with van der Waals surface area (Å²) in [5, 5.41) is 16.0. The molecule has 38 heavy (non-hydrogen) atoms. The van der Waals surface area contributed by atoms with Crippen LogP contribution in [0.5, 0.6) is 5.75 Å². The molecule has 11 nitrogen and oxygen atoms in total. The maximum atomic E-state index is 12.9. The van der Waals surface area contributed by atoms with E-state index in [1.54, 1.807) is 29.3 Å². The van der Waals surface area contributed by atoms with Gasteiger partial charge in [-0.2, -0.15) is 0 Å². The average Bonchev–Trinajstić information content (AvgIpc) is 3.62. The van der Waals surface area contributed by atoms with Gasteiger partial charge in [0.25, 0.3) is 11.8 Å². The Morgan fingerprint density at radius 3 is 2.66 bits per heavy atom. The Labute approximate surface area is 228 Å². The fraction of sp³-hybridized carbons (Fsp3) is 0.385. The zero-order valence-electron chi connectivity index (χ0n) is 24.1. The molecule has 3 N–H and O–H groups in total. The monoisotopic (exact) mass is 538 g/mol. The minimum atomic E-state index is -2.75. The van der Waals surface area contributed by atoms with Crippen molar-refractivity contribution in [3.8, 4) is 16.3 Å². The highest BCUT2D eigenvalue weighted by molar-refractivity contribution is 7.17. The lowest BCUT2D eigenvalue weighted by atomic mass is 9.84. The van der Waals surface area contributed by atoms with Crippen molar-refractivity contribution in [1.29, 1.82) is 0 Å². The molecule has 0 spiro atoms. The van der Waals surface area contributed by atoms with Crippen LogP contribution in [-0.2, 0) is 4.79 Å².